The van der Waals surface area contributed by atoms with Crippen LogP contribution in [-0.4, -0.2) is 53.4 Å². The number of rotatable bonds is 3. The monoisotopic (exact) mass is 473 g/mol. The van der Waals surface area contributed by atoms with E-state index in [-0.39, 0.29) is 5.91 Å². The van der Waals surface area contributed by atoms with Crippen molar-refractivity contribution in [2.24, 2.45) is 0 Å². The van der Waals surface area contributed by atoms with Gasteiger partial charge in [0.1, 0.15) is 5.65 Å². The first-order valence-electron chi connectivity index (χ1n) is 12.2. The largest absolute Gasteiger partial charge is 0.345 e. The van der Waals surface area contributed by atoms with Crippen LogP contribution in [-0.2, 0) is 0 Å². The molecule has 6 aromatic rings. The number of piperidine rings is 1. The van der Waals surface area contributed by atoms with E-state index in [0.29, 0.717) is 11.4 Å². The molecule has 0 aliphatic carbocycles. The molecule has 1 aromatic carbocycles. The van der Waals surface area contributed by atoms with E-state index in [1.54, 1.807) is 16.9 Å². The zero-order valence-corrected chi connectivity index (χ0v) is 19.6. The first-order chi connectivity index (χ1) is 17.7. The minimum absolute atomic E-state index is 0.0549. The molecule has 36 heavy (non-hydrogen) atoms. The Labute approximate surface area is 206 Å². The Morgan fingerprint density at radius 1 is 0.944 bits per heavy atom. The Balaban J connectivity index is 1.26. The van der Waals surface area contributed by atoms with Crippen molar-refractivity contribution in [1.82, 2.24) is 34.4 Å². The van der Waals surface area contributed by atoms with E-state index < -0.39 is 0 Å². The van der Waals surface area contributed by atoms with Gasteiger partial charge >= 0.3 is 0 Å². The highest BCUT2D eigenvalue weighted by Gasteiger charge is 2.22. The highest BCUT2D eigenvalue weighted by atomic mass is 16.2. The van der Waals surface area contributed by atoms with E-state index in [0.717, 1.165) is 70.1 Å². The quantitative estimate of drug-likeness (QED) is 0.385. The maximum absolute atomic E-state index is 13.2. The summed E-state index contributed by atoms with van der Waals surface area (Å²) < 4.78 is 1.76. The molecule has 5 aromatic heterocycles. The Kier molecular flexibility index (Phi) is 4.77. The van der Waals surface area contributed by atoms with Crippen LogP contribution in [0.2, 0.25) is 0 Å². The van der Waals surface area contributed by atoms with Gasteiger partial charge in [-0.15, -0.1) is 0 Å². The van der Waals surface area contributed by atoms with Crippen LogP contribution in [0.4, 0.5) is 0 Å². The predicted octanol–water partition coefficient (Wildman–Crippen LogP) is 5.11. The van der Waals surface area contributed by atoms with E-state index in [4.69, 9.17) is 4.98 Å². The number of pyridine rings is 2. The molecule has 7 rings (SSSR count). The standard InChI is InChI=1S/C28H23N7O/c36-28(34-10-2-1-3-11-34)23-17-32-35-12-8-18(14-25(23)35)21-15-31-27-22(21)16-30-26(33-27)20-6-7-24-19(13-20)5-4-9-29-24/h4-9,12-17H,1-3,10-11H2,(H,30,31,33). The molecule has 1 aliphatic rings. The Hall–Kier alpha value is -4.59. The Morgan fingerprint density at radius 3 is 2.78 bits per heavy atom. The maximum atomic E-state index is 13.2. The zero-order valence-electron chi connectivity index (χ0n) is 19.6. The van der Waals surface area contributed by atoms with Crippen LogP contribution in [0.1, 0.15) is 29.6 Å². The van der Waals surface area contributed by atoms with E-state index >= 15 is 0 Å². The average Bonchev–Trinajstić information content (AvgIpc) is 3.56. The lowest BCUT2D eigenvalue weighted by Crippen LogP contribution is -2.35. The van der Waals surface area contributed by atoms with Crippen LogP contribution in [0.25, 0.3) is 50.0 Å². The molecule has 8 nitrogen and oxygen atoms in total. The summed E-state index contributed by atoms with van der Waals surface area (Å²) in [6.45, 7) is 1.62. The number of H-pyrrole nitrogens is 1. The molecule has 0 unspecified atom stereocenters. The summed E-state index contributed by atoms with van der Waals surface area (Å²) in [6.07, 6.45) is 12.5. The van der Waals surface area contributed by atoms with Gasteiger partial charge in [0, 0.05) is 59.8 Å². The van der Waals surface area contributed by atoms with Gasteiger partial charge in [-0.3, -0.25) is 9.78 Å². The second-order valence-electron chi connectivity index (χ2n) is 9.23. The number of fused-ring (bicyclic) bond motifs is 3. The molecule has 0 spiro atoms. The van der Waals surface area contributed by atoms with Crippen LogP contribution in [0.3, 0.4) is 0 Å². The molecule has 1 fully saturated rings. The van der Waals surface area contributed by atoms with Crippen LogP contribution in [0.15, 0.2) is 73.4 Å². The van der Waals surface area contributed by atoms with Crippen molar-refractivity contribution in [3.63, 3.8) is 0 Å². The maximum Gasteiger partial charge on any atom is 0.257 e. The lowest BCUT2D eigenvalue weighted by atomic mass is 10.1. The number of nitrogens with one attached hydrogen (secondary N) is 1. The smallest absolute Gasteiger partial charge is 0.257 e. The van der Waals surface area contributed by atoms with Gasteiger partial charge in [0.05, 0.1) is 22.8 Å². The molecular formula is C28H23N7O. The van der Waals surface area contributed by atoms with Gasteiger partial charge in [-0.2, -0.15) is 5.10 Å². The first kappa shape index (κ1) is 20.8. The van der Waals surface area contributed by atoms with Crippen molar-refractivity contribution in [3.8, 4) is 22.5 Å². The normalized spacial score (nSPS) is 14.2. The minimum atomic E-state index is 0.0549. The highest BCUT2D eigenvalue weighted by molar-refractivity contribution is 6.02. The number of amides is 1. The van der Waals surface area contributed by atoms with Crippen LogP contribution < -0.4 is 0 Å². The molecule has 1 amide bonds. The molecule has 0 saturated carbocycles. The highest BCUT2D eigenvalue weighted by Crippen LogP contribution is 2.31. The topological polar surface area (TPSA) is 92.1 Å². The van der Waals surface area contributed by atoms with Gasteiger partial charge in [0.25, 0.3) is 5.91 Å². The van der Waals surface area contributed by atoms with Crippen molar-refractivity contribution >= 4 is 33.4 Å². The molecule has 6 heterocycles. The van der Waals surface area contributed by atoms with E-state index in [9.17, 15) is 4.79 Å². The number of likely N-dealkylation sites (tertiary alicyclic amines) is 1. The second kappa shape index (κ2) is 8.27. The van der Waals surface area contributed by atoms with Gasteiger partial charge in [0.15, 0.2) is 5.82 Å². The fourth-order valence-electron chi connectivity index (χ4n) is 5.08. The fraction of sp³-hybridized carbons (Fsp3) is 0.179. The molecule has 1 saturated heterocycles. The number of hydrogen-bond donors (Lipinski definition) is 1. The van der Waals surface area contributed by atoms with E-state index in [1.165, 1.54) is 6.42 Å². The number of benzene rings is 1. The van der Waals surface area contributed by atoms with Crippen molar-refractivity contribution < 1.29 is 4.79 Å². The molecule has 0 bridgehead atoms. The zero-order chi connectivity index (χ0) is 24.1. The van der Waals surface area contributed by atoms with Crippen molar-refractivity contribution in [1.29, 1.82) is 0 Å². The first-order valence-corrected chi connectivity index (χ1v) is 12.2. The lowest BCUT2D eigenvalue weighted by Gasteiger charge is -2.26. The Morgan fingerprint density at radius 2 is 1.86 bits per heavy atom. The Bertz CT molecular complexity index is 1760. The minimum Gasteiger partial charge on any atom is -0.345 e. The van der Waals surface area contributed by atoms with Crippen LogP contribution in [0.5, 0.6) is 0 Å². The summed E-state index contributed by atoms with van der Waals surface area (Å²) >= 11 is 0. The summed E-state index contributed by atoms with van der Waals surface area (Å²) in [4.78, 5) is 32.3. The fourth-order valence-corrected chi connectivity index (χ4v) is 5.08. The van der Waals surface area contributed by atoms with Crippen molar-refractivity contribution in [2.45, 2.75) is 19.3 Å². The number of carbonyl (C=O) groups is 1. The number of hydrogen-bond acceptors (Lipinski definition) is 5. The molecule has 176 valence electrons. The number of aromatic amines is 1. The summed E-state index contributed by atoms with van der Waals surface area (Å²) in [6, 6.07) is 14.0. The van der Waals surface area contributed by atoms with E-state index in [1.807, 2.05) is 59.9 Å². The summed E-state index contributed by atoms with van der Waals surface area (Å²) in [7, 11) is 0. The van der Waals surface area contributed by atoms with Crippen LogP contribution >= 0.6 is 0 Å². The SMILES string of the molecule is O=C(c1cnn2ccc(-c3c[nH]c4nc(-c5ccc6ncccc6c5)ncc34)cc12)N1CCCCC1. The number of aromatic nitrogens is 6. The molecule has 1 N–H and O–H groups in total. The van der Waals surface area contributed by atoms with E-state index in [2.05, 4.69) is 26.1 Å². The van der Waals surface area contributed by atoms with Crippen molar-refractivity contribution in [3.05, 3.63) is 79.0 Å². The third kappa shape index (κ3) is 3.41. The third-order valence-electron chi connectivity index (χ3n) is 7.00. The van der Waals surface area contributed by atoms with Gasteiger partial charge < -0.3 is 9.88 Å². The number of nitrogens with zero attached hydrogens (tertiary/aromatic N) is 6. The van der Waals surface area contributed by atoms with Gasteiger partial charge in [-0.25, -0.2) is 14.5 Å². The van der Waals surface area contributed by atoms with Crippen molar-refractivity contribution in [2.75, 3.05) is 13.1 Å². The molecule has 0 radical (unpaired) electrons. The molecular weight excluding hydrogens is 450 g/mol. The van der Waals surface area contributed by atoms with Gasteiger partial charge in [-0.05, 0) is 61.2 Å². The summed E-state index contributed by atoms with van der Waals surface area (Å²) in [5.41, 5.74) is 6.06. The summed E-state index contributed by atoms with van der Waals surface area (Å²) in [5.74, 6) is 0.710. The summed E-state index contributed by atoms with van der Waals surface area (Å²) in [5, 5.41) is 6.39. The average molecular weight is 474 g/mol. The molecule has 8 heteroatoms. The lowest BCUT2D eigenvalue weighted by molar-refractivity contribution is 0.0726. The van der Waals surface area contributed by atoms with Crippen LogP contribution in [0, 0.1) is 0 Å². The predicted molar refractivity (Wildman–Crippen MR) is 139 cm³/mol. The molecule has 0 atom stereocenters. The van der Waals surface area contributed by atoms with Gasteiger partial charge in [-0.1, -0.05) is 6.07 Å². The third-order valence-corrected chi connectivity index (χ3v) is 7.00. The second-order valence-corrected chi connectivity index (χ2v) is 9.23. The number of carbonyl (C=O) groups excluding carboxylic acids is 1. The molecule has 1 aliphatic heterocycles. The van der Waals surface area contributed by atoms with Gasteiger partial charge in [0.2, 0.25) is 0 Å².